The van der Waals surface area contributed by atoms with Gasteiger partial charge in [0.2, 0.25) is 0 Å². The van der Waals surface area contributed by atoms with Gasteiger partial charge < -0.3 is 5.11 Å². The molecule has 0 bridgehead atoms. The van der Waals surface area contributed by atoms with Crippen molar-refractivity contribution < 1.29 is 9.90 Å². The fourth-order valence-corrected chi connectivity index (χ4v) is 2.83. The Morgan fingerprint density at radius 3 is 2.56 bits per heavy atom. The number of carbonyl (C=O) groups is 1. The molecule has 0 aliphatic carbocycles. The number of thioether (sulfide) groups is 1. The second kappa shape index (κ2) is 5.84. The van der Waals surface area contributed by atoms with Crippen molar-refractivity contribution in [2.45, 2.75) is 37.0 Å². The average molecular weight is 303 g/mol. The van der Waals surface area contributed by atoms with Gasteiger partial charge in [0, 0.05) is 20.2 Å². The number of benzene rings is 1. The van der Waals surface area contributed by atoms with E-state index < -0.39 is 6.10 Å². The van der Waals surface area contributed by atoms with Crippen molar-refractivity contribution >= 4 is 33.5 Å². The Kier molecular flexibility index (Phi) is 5.02. The van der Waals surface area contributed by atoms with Crippen LogP contribution in [-0.2, 0) is 0 Å². The predicted octanol–water partition coefficient (Wildman–Crippen LogP) is 3.51. The maximum Gasteiger partial charge on any atom is 0.160 e. The summed E-state index contributed by atoms with van der Waals surface area (Å²) in [5, 5.41) is 9.53. The SMILES string of the molecule is CC(=O)c1ccc(Br)cc1SC(C)C(C)O. The van der Waals surface area contributed by atoms with E-state index in [1.165, 1.54) is 11.8 Å². The normalized spacial score (nSPS) is 14.6. The molecule has 4 heteroatoms. The van der Waals surface area contributed by atoms with Crippen LogP contribution in [0.1, 0.15) is 31.1 Å². The molecule has 1 N–H and O–H groups in total. The van der Waals surface area contributed by atoms with Crippen molar-refractivity contribution in [1.29, 1.82) is 0 Å². The van der Waals surface area contributed by atoms with Gasteiger partial charge in [0.15, 0.2) is 5.78 Å². The molecule has 0 spiro atoms. The number of rotatable bonds is 4. The van der Waals surface area contributed by atoms with Gasteiger partial charge in [-0.1, -0.05) is 22.9 Å². The molecule has 0 aliphatic rings. The van der Waals surface area contributed by atoms with Gasteiger partial charge in [-0.15, -0.1) is 11.8 Å². The van der Waals surface area contributed by atoms with Crippen molar-refractivity contribution in [2.75, 3.05) is 0 Å². The summed E-state index contributed by atoms with van der Waals surface area (Å²) in [7, 11) is 0. The molecule has 0 fully saturated rings. The summed E-state index contributed by atoms with van der Waals surface area (Å²) in [6.45, 7) is 5.25. The van der Waals surface area contributed by atoms with Crippen molar-refractivity contribution in [1.82, 2.24) is 0 Å². The quantitative estimate of drug-likeness (QED) is 0.683. The summed E-state index contributed by atoms with van der Waals surface area (Å²) in [5.74, 6) is 0.0489. The molecule has 1 aromatic carbocycles. The third-order valence-electron chi connectivity index (χ3n) is 2.32. The molecular formula is C12H15BrO2S. The molecule has 0 aromatic heterocycles. The number of hydrogen-bond donors (Lipinski definition) is 1. The molecule has 0 radical (unpaired) electrons. The van der Waals surface area contributed by atoms with Crippen molar-refractivity contribution in [3.8, 4) is 0 Å². The minimum absolute atomic E-state index is 0.0489. The zero-order valence-corrected chi connectivity index (χ0v) is 11.9. The van der Waals surface area contributed by atoms with E-state index in [0.29, 0.717) is 5.56 Å². The molecule has 0 heterocycles. The second-order valence-corrected chi connectivity index (χ2v) is 6.10. The Hall–Kier alpha value is -0.320. The predicted molar refractivity (Wildman–Crippen MR) is 71.1 cm³/mol. The molecule has 1 rings (SSSR count). The Bertz CT molecular complexity index is 391. The smallest absolute Gasteiger partial charge is 0.160 e. The van der Waals surface area contributed by atoms with Crippen molar-refractivity contribution in [2.24, 2.45) is 0 Å². The molecule has 88 valence electrons. The maximum atomic E-state index is 11.4. The van der Waals surface area contributed by atoms with Crippen LogP contribution < -0.4 is 0 Å². The number of halogens is 1. The van der Waals surface area contributed by atoms with E-state index in [2.05, 4.69) is 15.9 Å². The van der Waals surface area contributed by atoms with Crippen LogP contribution in [-0.4, -0.2) is 22.2 Å². The number of Topliss-reactive ketones (excluding diaryl/α,β-unsaturated/α-hetero) is 1. The zero-order valence-electron chi connectivity index (χ0n) is 9.53. The highest BCUT2D eigenvalue weighted by molar-refractivity contribution is 9.10. The number of hydrogen-bond acceptors (Lipinski definition) is 3. The minimum Gasteiger partial charge on any atom is -0.392 e. The number of aliphatic hydroxyl groups excluding tert-OH is 1. The van der Waals surface area contributed by atoms with Crippen LogP contribution in [0.5, 0.6) is 0 Å². The molecule has 16 heavy (non-hydrogen) atoms. The lowest BCUT2D eigenvalue weighted by Gasteiger charge is -2.16. The fraction of sp³-hybridized carbons (Fsp3) is 0.417. The summed E-state index contributed by atoms with van der Waals surface area (Å²) in [5.41, 5.74) is 0.709. The number of carbonyl (C=O) groups excluding carboxylic acids is 1. The van der Waals surface area contributed by atoms with E-state index in [1.54, 1.807) is 13.8 Å². The molecule has 1 aromatic rings. The molecule has 0 saturated carbocycles. The first-order valence-electron chi connectivity index (χ1n) is 5.07. The van der Waals surface area contributed by atoms with Crippen LogP contribution >= 0.6 is 27.7 Å². The van der Waals surface area contributed by atoms with Crippen LogP contribution in [0.2, 0.25) is 0 Å². The Labute approximate surface area is 109 Å². The summed E-state index contributed by atoms with van der Waals surface area (Å²) in [6, 6.07) is 5.58. The van der Waals surface area contributed by atoms with Gasteiger partial charge in [-0.05, 0) is 32.0 Å². The topological polar surface area (TPSA) is 37.3 Å². The van der Waals surface area contributed by atoms with Gasteiger partial charge >= 0.3 is 0 Å². The van der Waals surface area contributed by atoms with Crippen LogP contribution in [0.3, 0.4) is 0 Å². The van der Waals surface area contributed by atoms with Crippen molar-refractivity contribution in [3.63, 3.8) is 0 Å². The molecular weight excluding hydrogens is 288 g/mol. The number of aliphatic hydroxyl groups is 1. The Morgan fingerprint density at radius 1 is 1.44 bits per heavy atom. The summed E-state index contributed by atoms with van der Waals surface area (Å²) in [6.07, 6.45) is -0.399. The Balaban J connectivity index is 3.01. The highest BCUT2D eigenvalue weighted by Gasteiger charge is 2.15. The monoisotopic (exact) mass is 302 g/mol. The van der Waals surface area contributed by atoms with Gasteiger partial charge in [0.25, 0.3) is 0 Å². The zero-order chi connectivity index (χ0) is 12.3. The van der Waals surface area contributed by atoms with Gasteiger partial charge in [0.05, 0.1) is 6.10 Å². The molecule has 0 amide bonds. The highest BCUT2D eigenvalue weighted by Crippen LogP contribution is 2.31. The summed E-state index contributed by atoms with van der Waals surface area (Å²) >= 11 is 4.91. The van der Waals surface area contributed by atoms with Crippen LogP contribution in [0, 0.1) is 0 Å². The maximum absolute atomic E-state index is 11.4. The van der Waals surface area contributed by atoms with Crippen LogP contribution in [0.15, 0.2) is 27.6 Å². The van der Waals surface area contributed by atoms with Gasteiger partial charge in [-0.3, -0.25) is 4.79 Å². The van der Waals surface area contributed by atoms with Crippen molar-refractivity contribution in [3.05, 3.63) is 28.2 Å². The first kappa shape index (κ1) is 13.7. The molecule has 2 atom stereocenters. The van der Waals surface area contributed by atoms with Crippen LogP contribution in [0.4, 0.5) is 0 Å². The highest BCUT2D eigenvalue weighted by atomic mass is 79.9. The lowest BCUT2D eigenvalue weighted by Crippen LogP contribution is -2.15. The Morgan fingerprint density at radius 2 is 2.06 bits per heavy atom. The fourth-order valence-electron chi connectivity index (χ4n) is 1.18. The van der Waals surface area contributed by atoms with Gasteiger partial charge in [-0.25, -0.2) is 0 Å². The first-order valence-corrected chi connectivity index (χ1v) is 6.74. The van der Waals surface area contributed by atoms with E-state index in [1.807, 2.05) is 25.1 Å². The van der Waals surface area contributed by atoms with E-state index in [4.69, 9.17) is 0 Å². The largest absolute Gasteiger partial charge is 0.392 e. The van der Waals surface area contributed by atoms with E-state index in [0.717, 1.165) is 9.37 Å². The summed E-state index contributed by atoms with van der Waals surface area (Å²) < 4.78 is 0.942. The lowest BCUT2D eigenvalue weighted by atomic mass is 10.1. The van der Waals surface area contributed by atoms with Gasteiger partial charge in [0.1, 0.15) is 0 Å². The standard InChI is InChI=1S/C12H15BrO2S/c1-7(14)9(3)16-12-6-10(13)4-5-11(12)8(2)15/h4-7,9,14H,1-3H3. The second-order valence-electron chi connectivity index (χ2n) is 3.76. The third-order valence-corrected chi connectivity index (χ3v) is 4.17. The third kappa shape index (κ3) is 3.61. The minimum atomic E-state index is -0.399. The average Bonchev–Trinajstić information content (AvgIpc) is 2.16. The molecule has 2 unspecified atom stereocenters. The molecule has 0 aliphatic heterocycles. The van der Waals surface area contributed by atoms with Crippen LogP contribution in [0.25, 0.3) is 0 Å². The van der Waals surface area contributed by atoms with E-state index in [-0.39, 0.29) is 11.0 Å². The molecule has 0 saturated heterocycles. The lowest BCUT2D eigenvalue weighted by molar-refractivity contribution is 0.101. The molecule has 2 nitrogen and oxygen atoms in total. The van der Waals surface area contributed by atoms with E-state index in [9.17, 15) is 9.90 Å². The van der Waals surface area contributed by atoms with Gasteiger partial charge in [-0.2, -0.15) is 0 Å². The summed E-state index contributed by atoms with van der Waals surface area (Å²) in [4.78, 5) is 12.4. The van der Waals surface area contributed by atoms with E-state index >= 15 is 0 Å². The number of ketones is 1. The first-order chi connectivity index (χ1) is 7.41.